The Balaban J connectivity index is 2.70. The number of esters is 1. The minimum absolute atomic E-state index is 0.167. The van der Waals surface area contributed by atoms with Crippen molar-refractivity contribution in [3.8, 4) is 17.0 Å². The Morgan fingerprint density at radius 2 is 2.05 bits per heavy atom. The fraction of sp³-hybridized carbons (Fsp3) is 0.154. The first-order chi connectivity index (χ1) is 9.40. The largest absolute Gasteiger partial charge is 0.424 e. The number of H-pyrrole nitrogens is 1. The van der Waals surface area contributed by atoms with Crippen LogP contribution in [0.4, 0.5) is 0 Å². The van der Waals surface area contributed by atoms with E-state index in [-0.39, 0.29) is 16.3 Å². The van der Waals surface area contributed by atoms with Crippen molar-refractivity contribution in [1.29, 1.82) is 0 Å². The van der Waals surface area contributed by atoms with E-state index in [0.29, 0.717) is 21.8 Å². The van der Waals surface area contributed by atoms with E-state index in [0.717, 1.165) is 0 Å². The van der Waals surface area contributed by atoms with Crippen LogP contribution in [0.1, 0.15) is 12.5 Å². The third-order valence-corrected chi connectivity index (χ3v) is 3.45. The van der Waals surface area contributed by atoms with Gasteiger partial charge in [-0.05, 0) is 24.6 Å². The zero-order valence-electron chi connectivity index (χ0n) is 10.7. The molecule has 2 rings (SSSR count). The van der Waals surface area contributed by atoms with Gasteiger partial charge in [0.05, 0.1) is 10.7 Å². The Morgan fingerprint density at radius 3 is 2.60 bits per heavy atom. The number of rotatable bonds is 2. The number of aromatic amines is 1. The van der Waals surface area contributed by atoms with Gasteiger partial charge in [0, 0.05) is 23.6 Å². The topological polar surface area (TPSA) is 72.1 Å². The first-order valence-electron chi connectivity index (χ1n) is 5.63. The summed E-state index contributed by atoms with van der Waals surface area (Å²) >= 11 is 12.3. The smallest absolute Gasteiger partial charge is 0.308 e. The molecule has 0 aliphatic rings. The van der Waals surface area contributed by atoms with Gasteiger partial charge in [-0.3, -0.25) is 9.59 Å². The summed E-state index contributed by atoms with van der Waals surface area (Å²) in [5.41, 5.74) is 1.08. The molecule has 1 aromatic heterocycles. The van der Waals surface area contributed by atoms with E-state index in [4.69, 9.17) is 27.9 Å². The molecule has 7 heteroatoms. The lowest BCUT2D eigenvalue weighted by Crippen LogP contribution is -2.08. The molecule has 0 radical (unpaired) electrons. The van der Waals surface area contributed by atoms with Crippen LogP contribution in [0.15, 0.2) is 23.0 Å². The van der Waals surface area contributed by atoms with Gasteiger partial charge >= 0.3 is 5.97 Å². The van der Waals surface area contributed by atoms with Gasteiger partial charge in [0.25, 0.3) is 5.56 Å². The van der Waals surface area contributed by atoms with Crippen molar-refractivity contribution in [3.05, 3.63) is 44.2 Å². The standard InChI is InChI=1S/C13H10Cl2N2O3/c1-6-9(14)5-8(10-3-4-11(19)17-16-10)13(12(6)15)20-7(2)18/h3-5H,1-2H3,(H,17,19). The summed E-state index contributed by atoms with van der Waals surface area (Å²) in [6.07, 6.45) is 0. The molecule has 1 heterocycles. The Kier molecular flexibility index (Phi) is 4.11. The van der Waals surface area contributed by atoms with Crippen LogP contribution < -0.4 is 10.3 Å². The van der Waals surface area contributed by atoms with Gasteiger partial charge < -0.3 is 4.74 Å². The van der Waals surface area contributed by atoms with Gasteiger partial charge in [-0.25, -0.2) is 5.10 Å². The maximum atomic E-state index is 11.2. The first-order valence-corrected chi connectivity index (χ1v) is 6.39. The van der Waals surface area contributed by atoms with Gasteiger partial charge in [-0.15, -0.1) is 0 Å². The predicted octanol–water partition coefficient (Wildman–Crippen LogP) is 2.98. The van der Waals surface area contributed by atoms with Gasteiger partial charge in [0.15, 0.2) is 5.75 Å². The molecule has 0 amide bonds. The Labute approximate surface area is 124 Å². The van der Waals surface area contributed by atoms with Crippen LogP contribution in [0.5, 0.6) is 5.75 Å². The molecule has 0 spiro atoms. The van der Waals surface area contributed by atoms with Crippen LogP contribution in [0.2, 0.25) is 10.0 Å². The van der Waals surface area contributed by atoms with Crippen LogP contribution in [0.3, 0.4) is 0 Å². The Hall–Kier alpha value is -1.85. The van der Waals surface area contributed by atoms with Gasteiger partial charge in [0.1, 0.15) is 0 Å². The number of halogens is 2. The lowest BCUT2D eigenvalue weighted by Gasteiger charge is -2.13. The monoisotopic (exact) mass is 312 g/mol. The second kappa shape index (κ2) is 5.64. The van der Waals surface area contributed by atoms with Crippen LogP contribution >= 0.6 is 23.2 Å². The minimum Gasteiger partial charge on any atom is -0.424 e. The number of hydrogen-bond acceptors (Lipinski definition) is 4. The van der Waals surface area contributed by atoms with Crippen molar-refractivity contribution in [2.24, 2.45) is 0 Å². The minimum atomic E-state index is -0.515. The molecular formula is C13H10Cl2N2O3. The summed E-state index contributed by atoms with van der Waals surface area (Å²) in [6.45, 7) is 2.98. The first kappa shape index (κ1) is 14.6. The second-order valence-electron chi connectivity index (χ2n) is 4.07. The molecular weight excluding hydrogens is 303 g/mol. The summed E-state index contributed by atoms with van der Waals surface area (Å²) in [5, 5.41) is 6.83. The molecule has 0 saturated carbocycles. The van der Waals surface area contributed by atoms with Gasteiger partial charge in [-0.2, -0.15) is 5.10 Å². The number of nitrogens with one attached hydrogen (secondary N) is 1. The number of benzene rings is 1. The Bertz CT molecular complexity index is 721. The quantitative estimate of drug-likeness (QED) is 0.683. The molecule has 2 aromatic rings. The number of hydrogen-bond donors (Lipinski definition) is 1. The molecule has 1 N–H and O–H groups in total. The van der Waals surface area contributed by atoms with Crippen molar-refractivity contribution >= 4 is 29.2 Å². The number of aromatic nitrogens is 2. The number of ether oxygens (including phenoxy) is 1. The Morgan fingerprint density at radius 1 is 1.35 bits per heavy atom. The van der Waals surface area contributed by atoms with E-state index in [1.54, 1.807) is 13.0 Å². The summed E-state index contributed by atoms with van der Waals surface area (Å²) in [7, 11) is 0. The lowest BCUT2D eigenvalue weighted by molar-refractivity contribution is -0.131. The fourth-order valence-electron chi connectivity index (χ4n) is 1.62. The molecule has 0 atom stereocenters. The highest BCUT2D eigenvalue weighted by molar-refractivity contribution is 6.37. The predicted molar refractivity (Wildman–Crippen MR) is 76.4 cm³/mol. The summed E-state index contributed by atoms with van der Waals surface area (Å²) in [4.78, 5) is 22.3. The molecule has 0 fully saturated rings. The molecule has 104 valence electrons. The SMILES string of the molecule is CC(=O)Oc1c(-c2ccc(=O)[nH]n2)cc(Cl)c(C)c1Cl. The van der Waals surface area contributed by atoms with Crippen LogP contribution in [-0.4, -0.2) is 16.2 Å². The van der Waals surface area contributed by atoms with E-state index < -0.39 is 5.97 Å². The third kappa shape index (κ3) is 2.84. The highest BCUT2D eigenvalue weighted by Gasteiger charge is 2.18. The van der Waals surface area contributed by atoms with Gasteiger partial charge in [-0.1, -0.05) is 23.2 Å². The fourth-order valence-corrected chi connectivity index (χ4v) is 2.12. The molecule has 0 bridgehead atoms. The third-order valence-electron chi connectivity index (χ3n) is 2.60. The molecule has 0 aliphatic carbocycles. The van der Waals surface area contributed by atoms with Crippen LogP contribution in [0, 0.1) is 6.92 Å². The molecule has 0 unspecified atom stereocenters. The average molecular weight is 313 g/mol. The highest BCUT2D eigenvalue weighted by Crippen LogP contribution is 2.41. The van der Waals surface area contributed by atoms with Crippen molar-refractivity contribution in [1.82, 2.24) is 10.2 Å². The van der Waals surface area contributed by atoms with E-state index in [1.807, 2.05) is 0 Å². The summed E-state index contributed by atoms with van der Waals surface area (Å²) in [6, 6.07) is 4.38. The zero-order valence-corrected chi connectivity index (χ0v) is 12.2. The molecule has 0 aliphatic heterocycles. The van der Waals surface area contributed by atoms with Crippen molar-refractivity contribution < 1.29 is 9.53 Å². The van der Waals surface area contributed by atoms with Crippen molar-refractivity contribution in [2.75, 3.05) is 0 Å². The molecule has 5 nitrogen and oxygen atoms in total. The van der Waals surface area contributed by atoms with Crippen molar-refractivity contribution in [3.63, 3.8) is 0 Å². The molecule has 0 saturated heterocycles. The normalized spacial score (nSPS) is 10.4. The van der Waals surface area contributed by atoms with E-state index in [1.165, 1.54) is 19.1 Å². The van der Waals surface area contributed by atoms with E-state index >= 15 is 0 Å². The van der Waals surface area contributed by atoms with Crippen molar-refractivity contribution in [2.45, 2.75) is 13.8 Å². The average Bonchev–Trinajstić information content (AvgIpc) is 2.40. The highest BCUT2D eigenvalue weighted by atomic mass is 35.5. The maximum absolute atomic E-state index is 11.2. The number of nitrogens with zero attached hydrogens (tertiary/aromatic N) is 1. The molecule has 1 aromatic carbocycles. The van der Waals surface area contributed by atoms with E-state index in [2.05, 4.69) is 10.2 Å². The molecule has 20 heavy (non-hydrogen) atoms. The van der Waals surface area contributed by atoms with Crippen LogP contribution in [-0.2, 0) is 4.79 Å². The second-order valence-corrected chi connectivity index (χ2v) is 4.86. The number of carbonyl (C=O) groups excluding carboxylic acids is 1. The summed E-state index contributed by atoms with van der Waals surface area (Å²) in [5.74, 6) is -0.347. The van der Waals surface area contributed by atoms with Crippen LogP contribution in [0.25, 0.3) is 11.3 Å². The zero-order chi connectivity index (χ0) is 14.9. The van der Waals surface area contributed by atoms with Gasteiger partial charge in [0.2, 0.25) is 0 Å². The summed E-state index contributed by atoms with van der Waals surface area (Å²) < 4.78 is 5.14. The maximum Gasteiger partial charge on any atom is 0.308 e. The lowest BCUT2D eigenvalue weighted by atomic mass is 10.1. The number of carbonyl (C=O) groups is 1. The van der Waals surface area contributed by atoms with E-state index in [9.17, 15) is 9.59 Å².